The highest BCUT2D eigenvalue weighted by molar-refractivity contribution is 6.04. The van der Waals surface area contributed by atoms with Gasteiger partial charge in [0.1, 0.15) is 11.6 Å². The SMILES string of the molecule is Cc1cn2cc(NC(=O)c3ccc(N4CC[C@H](N5CCCC5)C4)cc3F)nc(C)c2n1. The Morgan fingerprint density at radius 2 is 1.94 bits per heavy atom. The Morgan fingerprint density at radius 1 is 1.13 bits per heavy atom. The molecule has 0 radical (unpaired) electrons. The summed E-state index contributed by atoms with van der Waals surface area (Å²) in [5.74, 6) is -0.664. The number of halogens is 1. The lowest BCUT2D eigenvalue weighted by atomic mass is 10.1. The van der Waals surface area contributed by atoms with Gasteiger partial charge in [0.15, 0.2) is 5.65 Å². The highest BCUT2D eigenvalue weighted by Gasteiger charge is 2.29. The maximum Gasteiger partial charge on any atom is 0.259 e. The minimum Gasteiger partial charge on any atom is -0.370 e. The molecule has 1 N–H and O–H groups in total. The van der Waals surface area contributed by atoms with Gasteiger partial charge in [-0.15, -0.1) is 0 Å². The molecule has 0 aliphatic carbocycles. The number of fused-ring (bicyclic) bond motifs is 1. The lowest BCUT2D eigenvalue weighted by Crippen LogP contribution is -2.35. The third-order valence-electron chi connectivity index (χ3n) is 6.35. The molecule has 0 bridgehead atoms. The molecule has 2 aliphatic rings. The van der Waals surface area contributed by atoms with E-state index in [9.17, 15) is 9.18 Å². The highest BCUT2D eigenvalue weighted by Crippen LogP contribution is 2.27. The molecule has 7 nitrogen and oxygen atoms in total. The van der Waals surface area contributed by atoms with Crippen molar-refractivity contribution in [1.82, 2.24) is 19.3 Å². The van der Waals surface area contributed by atoms with Gasteiger partial charge < -0.3 is 14.6 Å². The van der Waals surface area contributed by atoms with Gasteiger partial charge in [-0.25, -0.2) is 14.4 Å². The molecule has 1 aromatic carbocycles. The molecule has 2 aromatic heterocycles. The average Bonchev–Trinajstić information content (AvgIpc) is 3.48. The number of aryl methyl sites for hydroxylation is 2. The molecule has 0 spiro atoms. The van der Waals surface area contributed by atoms with Gasteiger partial charge in [0, 0.05) is 31.0 Å². The van der Waals surface area contributed by atoms with Crippen LogP contribution in [0.15, 0.2) is 30.6 Å². The van der Waals surface area contributed by atoms with E-state index in [1.807, 2.05) is 30.5 Å². The van der Waals surface area contributed by atoms with Crippen molar-refractivity contribution in [2.75, 3.05) is 36.4 Å². The first-order chi connectivity index (χ1) is 15.0. The Morgan fingerprint density at radius 3 is 2.71 bits per heavy atom. The van der Waals surface area contributed by atoms with E-state index in [1.54, 1.807) is 12.3 Å². The van der Waals surface area contributed by atoms with Crippen LogP contribution in [0.2, 0.25) is 0 Å². The number of benzene rings is 1. The van der Waals surface area contributed by atoms with Crippen molar-refractivity contribution in [3.63, 3.8) is 0 Å². The molecule has 2 fully saturated rings. The summed E-state index contributed by atoms with van der Waals surface area (Å²) >= 11 is 0. The zero-order valence-electron chi connectivity index (χ0n) is 17.9. The number of anilines is 2. The smallest absolute Gasteiger partial charge is 0.259 e. The van der Waals surface area contributed by atoms with Crippen LogP contribution in [0.4, 0.5) is 15.9 Å². The predicted molar refractivity (Wildman–Crippen MR) is 118 cm³/mol. The maximum absolute atomic E-state index is 14.9. The molecule has 31 heavy (non-hydrogen) atoms. The second-order valence-corrected chi connectivity index (χ2v) is 8.57. The fourth-order valence-corrected chi connectivity index (χ4v) is 4.78. The van der Waals surface area contributed by atoms with Crippen molar-refractivity contribution in [3.05, 3.63) is 53.4 Å². The number of hydrogen-bond donors (Lipinski definition) is 1. The van der Waals surface area contributed by atoms with Crippen molar-refractivity contribution in [2.24, 2.45) is 0 Å². The molecule has 4 heterocycles. The van der Waals surface area contributed by atoms with Crippen LogP contribution in [-0.4, -0.2) is 57.4 Å². The summed E-state index contributed by atoms with van der Waals surface area (Å²) < 4.78 is 16.7. The zero-order valence-corrected chi connectivity index (χ0v) is 17.9. The van der Waals surface area contributed by atoms with Gasteiger partial charge in [-0.2, -0.15) is 0 Å². The van der Waals surface area contributed by atoms with Gasteiger partial charge in [0.25, 0.3) is 5.91 Å². The van der Waals surface area contributed by atoms with Crippen molar-refractivity contribution < 1.29 is 9.18 Å². The Bertz CT molecular complexity index is 1140. The van der Waals surface area contributed by atoms with Crippen LogP contribution >= 0.6 is 0 Å². The second kappa shape index (κ2) is 7.92. The lowest BCUT2D eigenvalue weighted by molar-refractivity contribution is 0.102. The molecular formula is C23H27FN6O. The van der Waals surface area contributed by atoms with Crippen LogP contribution in [0.1, 0.15) is 41.0 Å². The summed E-state index contributed by atoms with van der Waals surface area (Å²) in [5.41, 5.74) is 3.15. The van der Waals surface area contributed by atoms with Gasteiger partial charge in [-0.1, -0.05) is 0 Å². The largest absolute Gasteiger partial charge is 0.370 e. The summed E-state index contributed by atoms with van der Waals surface area (Å²) in [5, 5.41) is 2.72. The van der Waals surface area contributed by atoms with E-state index in [0.29, 0.717) is 17.6 Å². The molecule has 0 unspecified atom stereocenters. The average molecular weight is 423 g/mol. The molecule has 0 saturated carbocycles. The molecule has 1 atom stereocenters. The summed E-state index contributed by atoms with van der Waals surface area (Å²) in [6, 6.07) is 5.42. The molecule has 3 aromatic rings. The number of imidazole rings is 1. The van der Waals surface area contributed by atoms with E-state index >= 15 is 0 Å². The number of aromatic nitrogens is 3. The Balaban J connectivity index is 1.30. The van der Waals surface area contributed by atoms with Crippen molar-refractivity contribution in [2.45, 2.75) is 39.2 Å². The Hall–Kier alpha value is -3.00. The summed E-state index contributed by atoms with van der Waals surface area (Å²) in [4.78, 5) is 26.3. The topological polar surface area (TPSA) is 65.8 Å². The number of carbonyl (C=O) groups is 1. The standard InChI is InChI=1S/C23H27FN6O/c1-15-12-30-14-21(26-16(2)22(30)25-15)27-23(31)19-6-5-17(11-20(19)24)29-10-7-18(13-29)28-8-3-4-9-28/h5-6,11-12,14,18H,3-4,7-10,13H2,1-2H3,(H,27,31)/t18-/m0/s1. The number of amides is 1. The van der Waals surface area contributed by atoms with E-state index in [1.165, 1.54) is 32.0 Å². The lowest BCUT2D eigenvalue weighted by Gasteiger charge is -2.24. The highest BCUT2D eigenvalue weighted by atomic mass is 19.1. The number of nitrogens with zero attached hydrogens (tertiary/aromatic N) is 5. The van der Waals surface area contributed by atoms with E-state index < -0.39 is 11.7 Å². The first kappa shape index (κ1) is 19.9. The van der Waals surface area contributed by atoms with Crippen molar-refractivity contribution >= 4 is 23.1 Å². The van der Waals surface area contributed by atoms with Gasteiger partial charge in [0.05, 0.1) is 23.1 Å². The van der Waals surface area contributed by atoms with Crippen LogP contribution in [0.5, 0.6) is 0 Å². The number of nitrogens with one attached hydrogen (secondary N) is 1. The quantitative estimate of drug-likeness (QED) is 0.698. The fraction of sp³-hybridized carbons (Fsp3) is 0.435. The summed E-state index contributed by atoms with van der Waals surface area (Å²) in [7, 11) is 0. The van der Waals surface area contributed by atoms with E-state index in [0.717, 1.165) is 36.5 Å². The van der Waals surface area contributed by atoms with Crippen molar-refractivity contribution in [3.8, 4) is 0 Å². The van der Waals surface area contributed by atoms with Gasteiger partial charge in [-0.3, -0.25) is 9.69 Å². The maximum atomic E-state index is 14.9. The number of carbonyl (C=O) groups excluding carboxylic acids is 1. The monoisotopic (exact) mass is 422 g/mol. The normalized spacial score (nSPS) is 19.5. The molecule has 2 aliphatic heterocycles. The number of hydrogen-bond acceptors (Lipinski definition) is 5. The number of rotatable bonds is 4. The fourth-order valence-electron chi connectivity index (χ4n) is 4.78. The minimum atomic E-state index is -0.518. The molecule has 2 saturated heterocycles. The second-order valence-electron chi connectivity index (χ2n) is 8.57. The van der Waals surface area contributed by atoms with E-state index in [2.05, 4.69) is 25.1 Å². The molecule has 8 heteroatoms. The van der Waals surface area contributed by atoms with Crippen LogP contribution < -0.4 is 10.2 Å². The van der Waals surface area contributed by atoms with E-state index in [4.69, 9.17) is 0 Å². The van der Waals surface area contributed by atoms with Gasteiger partial charge in [0.2, 0.25) is 0 Å². The Labute approximate surface area is 180 Å². The number of likely N-dealkylation sites (tertiary alicyclic amines) is 1. The van der Waals surface area contributed by atoms with Gasteiger partial charge in [-0.05, 0) is 64.4 Å². The zero-order chi connectivity index (χ0) is 21.5. The molecule has 1 amide bonds. The summed E-state index contributed by atoms with van der Waals surface area (Å²) in [6.07, 6.45) is 7.20. The van der Waals surface area contributed by atoms with Crippen LogP contribution in [0.25, 0.3) is 5.65 Å². The minimum absolute atomic E-state index is 0.0143. The first-order valence-electron chi connectivity index (χ1n) is 10.9. The first-order valence-corrected chi connectivity index (χ1v) is 10.9. The Kier molecular flexibility index (Phi) is 5.09. The van der Waals surface area contributed by atoms with E-state index in [-0.39, 0.29) is 5.56 Å². The third kappa shape index (κ3) is 3.87. The van der Waals surface area contributed by atoms with Crippen molar-refractivity contribution in [1.29, 1.82) is 0 Å². The van der Waals surface area contributed by atoms with Gasteiger partial charge >= 0.3 is 0 Å². The third-order valence-corrected chi connectivity index (χ3v) is 6.35. The predicted octanol–water partition coefficient (Wildman–Crippen LogP) is 3.41. The molecule has 5 rings (SSSR count). The summed E-state index contributed by atoms with van der Waals surface area (Å²) in [6.45, 7) is 7.90. The van der Waals surface area contributed by atoms with Crippen LogP contribution in [-0.2, 0) is 0 Å². The molecular weight excluding hydrogens is 395 g/mol. The van der Waals surface area contributed by atoms with Crippen LogP contribution in [0.3, 0.4) is 0 Å². The van der Waals surface area contributed by atoms with Crippen LogP contribution in [0, 0.1) is 19.7 Å². The molecule has 162 valence electrons.